The van der Waals surface area contributed by atoms with Crippen molar-refractivity contribution in [3.8, 4) is 0 Å². The van der Waals surface area contributed by atoms with E-state index in [-0.39, 0.29) is 5.91 Å². The predicted octanol–water partition coefficient (Wildman–Crippen LogP) is 3.09. The molecule has 17 heavy (non-hydrogen) atoms. The van der Waals surface area contributed by atoms with Gasteiger partial charge in [0, 0.05) is 26.1 Å². The number of amides is 1. The summed E-state index contributed by atoms with van der Waals surface area (Å²) in [6.07, 6.45) is 2.99. The smallest absolute Gasteiger partial charge is 0.222 e. The first kappa shape index (κ1) is 16.4. The van der Waals surface area contributed by atoms with Crippen LogP contribution in [0.25, 0.3) is 0 Å². The second-order valence-corrected chi connectivity index (χ2v) is 4.66. The number of rotatable bonds is 4. The van der Waals surface area contributed by atoms with Crippen LogP contribution in [0.3, 0.4) is 0 Å². The molecule has 0 aliphatic carbocycles. The van der Waals surface area contributed by atoms with Crippen molar-refractivity contribution in [2.45, 2.75) is 60.0 Å². The molecule has 1 saturated heterocycles. The van der Waals surface area contributed by atoms with Gasteiger partial charge in [-0.1, -0.05) is 34.6 Å². The number of nitrogens with zero attached hydrogens (tertiary/aromatic N) is 1. The molecule has 1 aliphatic heterocycles. The third-order valence-electron chi connectivity index (χ3n) is 2.76. The molecule has 0 aromatic heterocycles. The SMILES string of the molecule is CC.CCC(=O)N1CCC(OCC(C)C)CC1. The van der Waals surface area contributed by atoms with Crippen LogP contribution in [0.2, 0.25) is 0 Å². The molecule has 0 atom stereocenters. The maximum Gasteiger partial charge on any atom is 0.222 e. The van der Waals surface area contributed by atoms with Gasteiger partial charge >= 0.3 is 0 Å². The molecule has 0 radical (unpaired) electrons. The number of likely N-dealkylation sites (tertiary alicyclic amines) is 1. The summed E-state index contributed by atoms with van der Waals surface area (Å²) in [5.41, 5.74) is 0. The Morgan fingerprint density at radius 1 is 1.29 bits per heavy atom. The van der Waals surface area contributed by atoms with Crippen molar-refractivity contribution in [3.05, 3.63) is 0 Å². The Bertz CT molecular complexity index is 196. The lowest BCUT2D eigenvalue weighted by Gasteiger charge is -2.32. The van der Waals surface area contributed by atoms with E-state index >= 15 is 0 Å². The maximum absolute atomic E-state index is 11.4. The fourth-order valence-corrected chi connectivity index (χ4v) is 1.82. The number of carbonyl (C=O) groups is 1. The summed E-state index contributed by atoms with van der Waals surface area (Å²) in [5.74, 6) is 0.873. The van der Waals surface area contributed by atoms with Crippen molar-refractivity contribution in [3.63, 3.8) is 0 Å². The lowest BCUT2D eigenvalue weighted by atomic mass is 10.1. The van der Waals surface area contributed by atoms with Gasteiger partial charge in [-0.05, 0) is 18.8 Å². The number of ether oxygens (including phenoxy) is 1. The fourth-order valence-electron chi connectivity index (χ4n) is 1.82. The zero-order valence-corrected chi connectivity index (χ0v) is 12.2. The van der Waals surface area contributed by atoms with Gasteiger partial charge < -0.3 is 9.64 Å². The molecule has 1 amide bonds. The first-order chi connectivity index (χ1) is 8.13. The van der Waals surface area contributed by atoms with Crippen molar-refractivity contribution in [2.75, 3.05) is 19.7 Å². The lowest BCUT2D eigenvalue weighted by molar-refractivity contribution is -0.133. The summed E-state index contributed by atoms with van der Waals surface area (Å²) in [5, 5.41) is 0. The normalized spacial score (nSPS) is 16.7. The molecule has 0 bridgehead atoms. The summed E-state index contributed by atoms with van der Waals surface area (Å²) in [7, 11) is 0. The molecule has 3 heteroatoms. The van der Waals surface area contributed by atoms with Crippen molar-refractivity contribution in [2.24, 2.45) is 5.92 Å². The topological polar surface area (TPSA) is 29.5 Å². The van der Waals surface area contributed by atoms with Gasteiger partial charge in [0.05, 0.1) is 6.10 Å². The van der Waals surface area contributed by atoms with Crippen LogP contribution in [0, 0.1) is 5.92 Å². The summed E-state index contributed by atoms with van der Waals surface area (Å²) in [4.78, 5) is 13.4. The minimum atomic E-state index is 0.275. The van der Waals surface area contributed by atoms with E-state index in [1.165, 1.54) is 0 Å². The highest BCUT2D eigenvalue weighted by Crippen LogP contribution is 2.15. The van der Waals surface area contributed by atoms with Crippen LogP contribution in [0.15, 0.2) is 0 Å². The highest BCUT2D eigenvalue weighted by atomic mass is 16.5. The average Bonchev–Trinajstić information content (AvgIpc) is 2.38. The number of piperidine rings is 1. The molecular weight excluding hydrogens is 214 g/mol. The largest absolute Gasteiger partial charge is 0.378 e. The number of hydrogen-bond acceptors (Lipinski definition) is 2. The van der Waals surface area contributed by atoms with Crippen molar-refractivity contribution in [1.29, 1.82) is 0 Å². The Kier molecular flexibility index (Phi) is 9.14. The molecule has 0 saturated carbocycles. The highest BCUT2D eigenvalue weighted by Gasteiger charge is 2.22. The highest BCUT2D eigenvalue weighted by molar-refractivity contribution is 5.75. The maximum atomic E-state index is 11.4. The Labute approximate surface area is 107 Å². The van der Waals surface area contributed by atoms with E-state index in [2.05, 4.69) is 13.8 Å². The molecule has 102 valence electrons. The van der Waals surface area contributed by atoms with Crippen LogP contribution >= 0.6 is 0 Å². The van der Waals surface area contributed by atoms with E-state index in [9.17, 15) is 4.79 Å². The molecule has 1 heterocycles. The van der Waals surface area contributed by atoms with Gasteiger partial charge in [-0.15, -0.1) is 0 Å². The molecule has 1 rings (SSSR count). The lowest BCUT2D eigenvalue weighted by Crippen LogP contribution is -2.40. The summed E-state index contributed by atoms with van der Waals surface area (Å²) in [6.45, 7) is 12.8. The monoisotopic (exact) mass is 243 g/mol. The zero-order valence-electron chi connectivity index (χ0n) is 12.2. The van der Waals surface area contributed by atoms with Crippen molar-refractivity contribution < 1.29 is 9.53 Å². The minimum absolute atomic E-state index is 0.275. The number of carbonyl (C=O) groups excluding carboxylic acids is 1. The van der Waals surface area contributed by atoms with Gasteiger partial charge in [0.15, 0.2) is 0 Å². The second kappa shape index (κ2) is 9.46. The van der Waals surface area contributed by atoms with Crippen LogP contribution in [0.5, 0.6) is 0 Å². The zero-order chi connectivity index (χ0) is 13.3. The Balaban J connectivity index is 0.00000121. The molecule has 1 aliphatic rings. The third kappa shape index (κ3) is 6.67. The van der Waals surface area contributed by atoms with Crippen molar-refractivity contribution >= 4 is 5.91 Å². The first-order valence-corrected chi connectivity index (χ1v) is 7.02. The van der Waals surface area contributed by atoms with Crippen LogP contribution in [0.4, 0.5) is 0 Å². The van der Waals surface area contributed by atoms with E-state index < -0.39 is 0 Å². The van der Waals surface area contributed by atoms with E-state index in [4.69, 9.17) is 4.74 Å². The van der Waals surface area contributed by atoms with Crippen molar-refractivity contribution in [1.82, 2.24) is 4.90 Å². The van der Waals surface area contributed by atoms with Gasteiger partial charge in [-0.25, -0.2) is 0 Å². The standard InChI is InChI=1S/C12H23NO2.C2H6/c1-4-12(14)13-7-5-11(6-8-13)15-9-10(2)3;1-2/h10-11H,4-9H2,1-3H3;1-2H3. The minimum Gasteiger partial charge on any atom is -0.378 e. The molecular formula is C14H29NO2. The molecule has 0 unspecified atom stereocenters. The van der Waals surface area contributed by atoms with Gasteiger partial charge in [-0.3, -0.25) is 4.79 Å². The first-order valence-electron chi connectivity index (χ1n) is 7.02. The number of hydrogen-bond donors (Lipinski definition) is 0. The third-order valence-corrected chi connectivity index (χ3v) is 2.76. The fraction of sp³-hybridized carbons (Fsp3) is 0.929. The molecule has 1 fully saturated rings. The second-order valence-electron chi connectivity index (χ2n) is 4.66. The molecule has 3 nitrogen and oxygen atoms in total. The summed E-state index contributed by atoms with van der Waals surface area (Å²) >= 11 is 0. The summed E-state index contributed by atoms with van der Waals surface area (Å²) < 4.78 is 5.77. The van der Waals surface area contributed by atoms with E-state index in [1.54, 1.807) is 0 Å². The van der Waals surface area contributed by atoms with E-state index in [1.807, 2.05) is 25.7 Å². The van der Waals surface area contributed by atoms with E-state index in [0.29, 0.717) is 18.4 Å². The predicted molar refractivity (Wildman–Crippen MR) is 72.0 cm³/mol. The van der Waals surface area contributed by atoms with Crippen LogP contribution in [-0.4, -0.2) is 36.6 Å². The Morgan fingerprint density at radius 3 is 2.24 bits per heavy atom. The van der Waals surface area contributed by atoms with Crippen LogP contribution in [-0.2, 0) is 9.53 Å². The van der Waals surface area contributed by atoms with Gasteiger partial charge in [0.25, 0.3) is 0 Å². The average molecular weight is 243 g/mol. The quantitative estimate of drug-likeness (QED) is 0.759. The van der Waals surface area contributed by atoms with Crippen LogP contribution in [0.1, 0.15) is 53.9 Å². The molecule has 0 aromatic rings. The molecule has 0 aromatic carbocycles. The Morgan fingerprint density at radius 2 is 1.82 bits per heavy atom. The summed E-state index contributed by atoms with van der Waals surface area (Å²) in [6, 6.07) is 0. The molecule has 0 spiro atoms. The Hall–Kier alpha value is -0.570. The van der Waals surface area contributed by atoms with Gasteiger partial charge in [-0.2, -0.15) is 0 Å². The van der Waals surface area contributed by atoms with E-state index in [0.717, 1.165) is 32.5 Å². The van der Waals surface area contributed by atoms with Gasteiger partial charge in [0.2, 0.25) is 5.91 Å². The molecule has 0 N–H and O–H groups in total. The van der Waals surface area contributed by atoms with Gasteiger partial charge in [0.1, 0.15) is 0 Å². The van der Waals surface area contributed by atoms with Crippen LogP contribution < -0.4 is 0 Å².